The maximum atomic E-state index is 12.7. The molecule has 4 heterocycles. The molecule has 3 aliphatic rings. The first-order valence-corrected chi connectivity index (χ1v) is 10.7. The molecule has 1 saturated heterocycles. The van der Waals surface area contributed by atoms with Gasteiger partial charge in [0.15, 0.2) is 11.5 Å². The van der Waals surface area contributed by atoms with Crippen LogP contribution in [-0.2, 0) is 9.63 Å². The summed E-state index contributed by atoms with van der Waals surface area (Å²) in [6.07, 6.45) is 2.20. The van der Waals surface area contributed by atoms with Gasteiger partial charge in [-0.05, 0) is 24.3 Å². The van der Waals surface area contributed by atoms with Crippen LogP contribution in [0, 0.1) is 0 Å². The average Bonchev–Trinajstić information content (AvgIpc) is 3.37. The number of carbonyl (C=O) groups is 3. The minimum Gasteiger partial charge on any atom is -0.491 e. The number of β-lactam (4-membered cyclic amide) rings is 1. The summed E-state index contributed by atoms with van der Waals surface area (Å²) < 4.78 is 10.9. The number of guanidine groups is 1. The summed E-state index contributed by atoms with van der Waals surface area (Å²) in [6, 6.07) is 5.84. The Bertz CT molecular complexity index is 1260. The molecule has 1 atom stereocenters. The number of aromatic nitrogens is 1. The van der Waals surface area contributed by atoms with Crippen LogP contribution in [-0.4, -0.2) is 84.5 Å². The van der Waals surface area contributed by atoms with Crippen LogP contribution in [0.3, 0.4) is 0 Å². The Morgan fingerprint density at radius 2 is 2.06 bits per heavy atom. The number of amidine groups is 1. The van der Waals surface area contributed by atoms with Crippen molar-refractivity contribution in [2.24, 2.45) is 9.98 Å². The van der Waals surface area contributed by atoms with E-state index in [9.17, 15) is 14.4 Å². The molecule has 0 radical (unpaired) electrons. The smallest absolute Gasteiger partial charge is 0.413 e. The molecule has 2 N–H and O–H groups in total. The van der Waals surface area contributed by atoms with Crippen molar-refractivity contribution < 1.29 is 28.7 Å². The van der Waals surface area contributed by atoms with E-state index in [1.54, 1.807) is 35.4 Å². The van der Waals surface area contributed by atoms with E-state index in [2.05, 4.69) is 25.6 Å². The second-order valence-corrected chi connectivity index (χ2v) is 7.65. The molecule has 0 spiro atoms. The molecule has 0 bridgehead atoms. The summed E-state index contributed by atoms with van der Waals surface area (Å²) in [5.74, 6) is 0.395. The number of nitrogens with one attached hydrogen (secondary N) is 2. The zero-order chi connectivity index (χ0) is 24.5. The van der Waals surface area contributed by atoms with Crippen molar-refractivity contribution in [2.75, 3.05) is 33.9 Å². The van der Waals surface area contributed by atoms with E-state index in [-0.39, 0.29) is 35.8 Å². The van der Waals surface area contributed by atoms with E-state index in [4.69, 9.17) is 14.3 Å². The van der Waals surface area contributed by atoms with Crippen LogP contribution in [0.15, 0.2) is 46.6 Å². The van der Waals surface area contributed by atoms with Crippen LogP contribution in [0.5, 0.6) is 11.5 Å². The van der Waals surface area contributed by atoms with Crippen LogP contribution in [0.2, 0.25) is 0 Å². The van der Waals surface area contributed by atoms with E-state index in [0.29, 0.717) is 35.7 Å². The second-order valence-electron chi connectivity index (χ2n) is 7.65. The quantitative estimate of drug-likeness (QED) is 0.588. The Hall–Kier alpha value is -4.52. The van der Waals surface area contributed by atoms with Gasteiger partial charge in [-0.3, -0.25) is 34.6 Å². The summed E-state index contributed by atoms with van der Waals surface area (Å²) in [5, 5.41) is 6.40. The van der Waals surface area contributed by atoms with E-state index < -0.39 is 12.1 Å². The van der Waals surface area contributed by atoms with Gasteiger partial charge in [0.25, 0.3) is 11.8 Å². The normalized spacial score (nSPS) is 18.0. The van der Waals surface area contributed by atoms with Gasteiger partial charge in [0.05, 0.1) is 32.9 Å². The lowest BCUT2D eigenvalue weighted by molar-refractivity contribution is -0.202. The average molecular weight is 479 g/mol. The standard InChI is InChI=1S/C22H21N7O6/c1-33-17-15(35-22(32)25-14-11-29(34-2)20(14)31)6-5-13-16(17)26-21(28-9-8-24-18(13)28)27-19(30)12-4-3-7-23-10-12/h3-7,10,14H,8-9,11H2,1-2H3,(H,25,32)(H,26,27,30)/t14-/m1/s1. The van der Waals surface area contributed by atoms with Gasteiger partial charge in [0.2, 0.25) is 5.96 Å². The lowest BCUT2D eigenvalue weighted by Crippen LogP contribution is -2.63. The van der Waals surface area contributed by atoms with Crippen molar-refractivity contribution in [3.63, 3.8) is 0 Å². The number of benzene rings is 1. The van der Waals surface area contributed by atoms with Gasteiger partial charge in [-0.2, -0.15) is 0 Å². The second kappa shape index (κ2) is 9.02. The summed E-state index contributed by atoms with van der Waals surface area (Å²) in [5.41, 5.74) is 1.38. The summed E-state index contributed by atoms with van der Waals surface area (Å²) in [7, 11) is 2.78. The molecule has 3 aliphatic heterocycles. The monoisotopic (exact) mass is 479 g/mol. The molecule has 3 amide bonds. The van der Waals surface area contributed by atoms with E-state index >= 15 is 0 Å². The predicted molar refractivity (Wildman–Crippen MR) is 122 cm³/mol. The highest BCUT2D eigenvalue weighted by molar-refractivity contribution is 6.20. The zero-order valence-electron chi connectivity index (χ0n) is 18.8. The van der Waals surface area contributed by atoms with Crippen molar-refractivity contribution >= 4 is 35.4 Å². The highest BCUT2D eigenvalue weighted by Crippen LogP contribution is 2.43. The fourth-order valence-corrected chi connectivity index (χ4v) is 3.88. The maximum Gasteiger partial charge on any atom is 0.413 e. The van der Waals surface area contributed by atoms with Gasteiger partial charge in [-0.15, -0.1) is 0 Å². The lowest BCUT2D eigenvalue weighted by atomic mass is 10.1. The minimum absolute atomic E-state index is 0.0906. The van der Waals surface area contributed by atoms with E-state index in [0.717, 1.165) is 5.06 Å². The highest BCUT2D eigenvalue weighted by atomic mass is 16.7. The first kappa shape index (κ1) is 22.3. The fourth-order valence-electron chi connectivity index (χ4n) is 3.88. The Morgan fingerprint density at radius 3 is 2.77 bits per heavy atom. The molecule has 2 aromatic rings. The number of hydrogen-bond acceptors (Lipinski definition) is 10. The fraction of sp³-hybridized carbons (Fsp3) is 0.273. The number of aliphatic imine (C=N–C) groups is 2. The van der Waals surface area contributed by atoms with Crippen molar-refractivity contribution in [2.45, 2.75) is 6.04 Å². The number of methoxy groups -OCH3 is 1. The first-order valence-electron chi connectivity index (χ1n) is 10.7. The van der Waals surface area contributed by atoms with Gasteiger partial charge in [-0.1, -0.05) is 0 Å². The van der Waals surface area contributed by atoms with Gasteiger partial charge >= 0.3 is 6.09 Å². The van der Waals surface area contributed by atoms with Crippen molar-refractivity contribution in [3.8, 4) is 11.5 Å². The molecule has 1 aromatic heterocycles. The van der Waals surface area contributed by atoms with Crippen LogP contribution in [0.4, 0.5) is 10.5 Å². The third-order valence-corrected chi connectivity index (χ3v) is 5.61. The van der Waals surface area contributed by atoms with Gasteiger partial charge in [0, 0.05) is 24.5 Å². The molecule has 13 heteroatoms. The number of rotatable bonds is 5. The SMILES string of the molecule is COc1c(OC(=O)N[C@@H]2CN(OC)C2=O)ccc2c1N=C(NC(=O)c1cccnc1)N1CCN=C21. The molecule has 35 heavy (non-hydrogen) atoms. The van der Waals surface area contributed by atoms with Crippen LogP contribution in [0.25, 0.3) is 0 Å². The van der Waals surface area contributed by atoms with Crippen molar-refractivity contribution in [1.82, 2.24) is 25.6 Å². The lowest BCUT2D eigenvalue weighted by Gasteiger charge is -2.35. The number of amides is 3. The molecule has 0 aliphatic carbocycles. The van der Waals surface area contributed by atoms with Crippen LogP contribution >= 0.6 is 0 Å². The van der Waals surface area contributed by atoms with Crippen LogP contribution in [0.1, 0.15) is 15.9 Å². The molecular weight excluding hydrogens is 458 g/mol. The Kier molecular flexibility index (Phi) is 5.74. The molecule has 13 nitrogen and oxygen atoms in total. The van der Waals surface area contributed by atoms with Crippen molar-refractivity contribution in [3.05, 3.63) is 47.8 Å². The van der Waals surface area contributed by atoms with Gasteiger partial charge in [-0.25, -0.2) is 14.9 Å². The first-order chi connectivity index (χ1) is 17.0. The van der Waals surface area contributed by atoms with Crippen LogP contribution < -0.4 is 20.1 Å². The number of nitrogens with zero attached hydrogens (tertiary/aromatic N) is 5. The minimum atomic E-state index is -0.831. The summed E-state index contributed by atoms with van der Waals surface area (Å²) in [6.45, 7) is 1.27. The summed E-state index contributed by atoms with van der Waals surface area (Å²) >= 11 is 0. The molecule has 1 fully saturated rings. The number of pyridine rings is 1. The third-order valence-electron chi connectivity index (χ3n) is 5.61. The molecular formula is C22H21N7O6. The molecule has 180 valence electrons. The number of ether oxygens (including phenoxy) is 2. The predicted octanol–water partition coefficient (Wildman–Crippen LogP) is 0.444. The van der Waals surface area contributed by atoms with Gasteiger partial charge in [0.1, 0.15) is 17.6 Å². The number of hydroxylamine groups is 2. The highest BCUT2D eigenvalue weighted by Gasteiger charge is 2.39. The molecule has 0 unspecified atom stereocenters. The number of hydrogen-bond donors (Lipinski definition) is 2. The molecule has 0 saturated carbocycles. The largest absolute Gasteiger partial charge is 0.491 e. The molecule has 1 aromatic carbocycles. The zero-order valence-corrected chi connectivity index (χ0v) is 18.8. The van der Waals surface area contributed by atoms with E-state index in [1.165, 1.54) is 20.4 Å². The number of carbonyl (C=O) groups excluding carboxylic acids is 3. The third kappa shape index (κ3) is 4.01. The molecule has 5 rings (SSSR count). The number of fused-ring (bicyclic) bond motifs is 3. The van der Waals surface area contributed by atoms with Crippen molar-refractivity contribution in [1.29, 1.82) is 0 Å². The Labute approximate surface area is 199 Å². The summed E-state index contributed by atoms with van der Waals surface area (Å²) in [4.78, 5) is 56.8. The Balaban J connectivity index is 1.41. The van der Waals surface area contributed by atoms with Gasteiger partial charge < -0.3 is 14.8 Å². The topological polar surface area (TPSA) is 147 Å². The maximum absolute atomic E-state index is 12.7. The van der Waals surface area contributed by atoms with E-state index in [1.807, 2.05) is 0 Å². The Morgan fingerprint density at radius 1 is 1.20 bits per heavy atom.